The highest BCUT2D eigenvalue weighted by atomic mass is 32.2. The van der Waals surface area contributed by atoms with E-state index in [1.54, 1.807) is 13.0 Å². The Balaban J connectivity index is 2.16. The van der Waals surface area contributed by atoms with Crippen molar-refractivity contribution in [3.63, 3.8) is 0 Å². The van der Waals surface area contributed by atoms with Crippen LogP contribution in [-0.2, 0) is 19.6 Å². The minimum atomic E-state index is -3.95. The fourth-order valence-electron chi connectivity index (χ4n) is 2.13. The van der Waals surface area contributed by atoms with Gasteiger partial charge in [0.2, 0.25) is 5.91 Å². The minimum absolute atomic E-state index is 0.0623. The van der Waals surface area contributed by atoms with Crippen LogP contribution in [0.2, 0.25) is 0 Å². The molecule has 1 aromatic carbocycles. The van der Waals surface area contributed by atoms with Gasteiger partial charge >= 0.3 is 0 Å². The molecule has 0 saturated carbocycles. The number of hydrogen-bond acceptors (Lipinski definition) is 5. The van der Waals surface area contributed by atoms with Crippen molar-refractivity contribution in [2.75, 3.05) is 20.3 Å². The van der Waals surface area contributed by atoms with Crippen LogP contribution in [0, 0.1) is 0 Å². The minimum Gasteiger partial charge on any atom is -0.383 e. The van der Waals surface area contributed by atoms with Crippen LogP contribution in [0.5, 0.6) is 0 Å². The number of ether oxygens (including phenoxy) is 1. The average Bonchev–Trinajstić information content (AvgIpc) is 2.61. The first-order valence-corrected chi connectivity index (χ1v) is 7.76. The van der Waals surface area contributed by atoms with E-state index in [1.807, 2.05) is 0 Å². The molecule has 1 aliphatic heterocycles. The molecule has 0 unspecified atom stereocenters. The summed E-state index contributed by atoms with van der Waals surface area (Å²) in [5.41, 5.74) is 0.0928. The second-order valence-corrected chi connectivity index (χ2v) is 6.57. The molecule has 0 spiro atoms. The summed E-state index contributed by atoms with van der Waals surface area (Å²) in [6, 6.07) is 5.63. The SMILES string of the molecule is COC[C@H](C)NC(=O)CN1C(=O)c2ccccc2S1(=O)=O. The van der Waals surface area contributed by atoms with Crippen LogP contribution < -0.4 is 5.32 Å². The highest BCUT2D eigenvalue weighted by molar-refractivity contribution is 7.90. The molecule has 2 rings (SSSR count). The van der Waals surface area contributed by atoms with E-state index in [0.717, 1.165) is 0 Å². The Morgan fingerprint density at radius 1 is 1.38 bits per heavy atom. The summed E-state index contributed by atoms with van der Waals surface area (Å²) in [7, 11) is -2.45. The molecule has 0 saturated heterocycles. The third-order valence-corrected chi connectivity index (χ3v) is 4.81. The first-order chi connectivity index (χ1) is 9.87. The Kier molecular flexibility index (Phi) is 4.29. The number of rotatable bonds is 5. The smallest absolute Gasteiger partial charge is 0.269 e. The molecule has 2 amide bonds. The van der Waals surface area contributed by atoms with Gasteiger partial charge in [0, 0.05) is 13.2 Å². The number of carbonyl (C=O) groups is 2. The second kappa shape index (κ2) is 5.82. The van der Waals surface area contributed by atoms with Crippen molar-refractivity contribution in [3.8, 4) is 0 Å². The van der Waals surface area contributed by atoms with Crippen LogP contribution in [0.15, 0.2) is 29.2 Å². The fourth-order valence-corrected chi connectivity index (χ4v) is 3.65. The van der Waals surface area contributed by atoms with Crippen molar-refractivity contribution in [1.82, 2.24) is 9.62 Å². The summed E-state index contributed by atoms with van der Waals surface area (Å²) >= 11 is 0. The van der Waals surface area contributed by atoms with Crippen molar-refractivity contribution in [3.05, 3.63) is 29.8 Å². The number of amides is 2. The van der Waals surface area contributed by atoms with Crippen LogP contribution in [-0.4, -0.2) is 50.8 Å². The topological polar surface area (TPSA) is 92.8 Å². The zero-order valence-electron chi connectivity index (χ0n) is 11.7. The maximum absolute atomic E-state index is 12.2. The monoisotopic (exact) mass is 312 g/mol. The highest BCUT2D eigenvalue weighted by Gasteiger charge is 2.41. The van der Waals surface area contributed by atoms with E-state index in [-0.39, 0.29) is 16.5 Å². The van der Waals surface area contributed by atoms with Gasteiger partial charge in [0.05, 0.1) is 12.2 Å². The van der Waals surface area contributed by atoms with Gasteiger partial charge in [-0.2, -0.15) is 0 Å². The normalized spacial score (nSPS) is 17.4. The molecule has 114 valence electrons. The Bertz CT molecular complexity index is 671. The lowest BCUT2D eigenvalue weighted by atomic mass is 10.2. The van der Waals surface area contributed by atoms with Crippen LogP contribution >= 0.6 is 0 Å². The van der Waals surface area contributed by atoms with Gasteiger partial charge in [-0.15, -0.1) is 0 Å². The Morgan fingerprint density at radius 3 is 2.67 bits per heavy atom. The van der Waals surface area contributed by atoms with Crippen LogP contribution in [0.3, 0.4) is 0 Å². The van der Waals surface area contributed by atoms with Crippen LogP contribution in [0.1, 0.15) is 17.3 Å². The average molecular weight is 312 g/mol. The largest absolute Gasteiger partial charge is 0.383 e. The predicted molar refractivity (Wildman–Crippen MR) is 74.1 cm³/mol. The van der Waals surface area contributed by atoms with Gasteiger partial charge in [-0.1, -0.05) is 12.1 Å². The Morgan fingerprint density at radius 2 is 2.05 bits per heavy atom. The summed E-state index contributed by atoms with van der Waals surface area (Å²) in [6.45, 7) is 1.48. The summed E-state index contributed by atoms with van der Waals surface area (Å²) in [4.78, 5) is 23.9. The van der Waals surface area contributed by atoms with Gasteiger partial charge in [0.1, 0.15) is 11.4 Å². The maximum Gasteiger partial charge on any atom is 0.269 e. The van der Waals surface area contributed by atoms with Gasteiger partial charge in [-0.3, -0.25) is 9.59 Å². The summed E-state index contributed by atoms with van der Waals surface area (Å²) in [5, 5.41) is 2.57. The lowest BCUT2D eigenvalue weighted by molar-refractivity contribution is -0.121. The molecule has 21 heavy (non-hydrogen) atoms. The van der Waals surface area contributed by atoms with Gasteiger partial charge in [0.15, 0.2) is 0 Å². The third-order valence-electron chi connectivity index (χ3n) is 3.02. The molecule has 1 atom stereocenters. The molecular formula is C13H16N2O5S. The molecule has 7 nitrogen and oxygen atoms in total. The number of nitrogens with one attached hydrogen (secondary N) is 1. The van der Waals surface area contributed by atoms with E-state index in [0.29, 0.717) is 10.9 Å². The molecule has 0 aromatic heterocycles. The van der Waals surface area contributed by atoms with E-state index in [2.05, 4.69) is 5.32 Å². The highest BCUT2D eigenvalue weighted by Crippen LogP contribution is 2.29. The number of methoxy groups -OCH3 is 1. The summed E-state index contributed by atoms with van der Waals surface area (Å²) in [5.74, 6) is -1.23. The predicted octanol–water partition coefficient (Wildman–Crippen LogP) is -0.0178. The van der Waals surface area contributed by atoms with Gasteiger partial charge in [0.25, 0.3) is 15.9 Å². The lowest BCUT2D eigenvalue weighted by Crippen LogP contribution is -2.44. The molecule has 1 aromatic rings. The quantitative estimate of drug-likeness (QED) is 0.825. The number of nitrogens with zero attached hydrogens (tertiary/aromatic N) is 1. The molecule has 0 fully saturated rings. The number of benzene rings is 1. The molecule has 1 heterocycles. The number of hydrogen-bond donors (Lipinski definition) is 1. The van der Waals surface area contributed by atoms with E-state index in [4.69, 9.17) is 4.74 Å². The molecule has 0 radical (unpaired) electrons. The zero-order chi connectivity index (χ0) is 15.6. The number of sulfonamides is 1. The van der Waals surface area contributed by atoms with Gasteiger partial charge in [-0.05, 0) is 19.1 Å². The number of carbonyl (C=O) groups excluding carboxylic acids is 2. The van der Waals surface area contributed by atoms with Crippen molar-refractivity contribution >= 4 is 21.8 Å². The Hall–Kier alpha value is -1.93. The zero-order valence-corrected chi connectivity index (χ0v) is 12.5. The Labute approximate surface area is 122 Å². The maximum atomic E-state index is 12.2. The van der Waals surface area contributed by atoms with E-state index in [9.17, 15) is 18.0 Å². The molecule has 0 bridgehead atoms. The molecule has 1 aliphatic rings. The van der Waals surface area contributed by atoms with Gasteiger partial charge < -0.3 is 10.1 Å². The molecular weight excluding hydrogens is 296 g/mol. The van der Waals surface area contributed by atoms with Crippen LogP contribution in [0.25, 0.3) is 0 Å². The first kappa shape index (κ1) is 15.5. The number of fused-ring (bicyclic) bond motifs is 1. The summed E-state index contributed by atoms with van der Waals surface area (Å²) in [6.07, 6.45) is 0. The molecule has 0 aliphatic carbocycles. The molecule has 1 N–H and O–H groups in total. The summed E-state index contributed by atoms with van der Waals surface area (Å²) < 4.78 is 29.9. The van der Waals surface area contributed by atoms with E-state index in [1.165, 1.54) is 25.3 Å². The first-order valence-electron chi connectivity index (χ1n) is 6.32. The fraction of sp³-hybridized carbons (Fsp3) is 0.385. The van der Waals surface area contributed by atoms with E-state index < -0.39 is 28.4 Å². The molecule has 8 heteroatoms. The lowest BCUT2D eigenvalue weighted by Gasteiger charge is -2.17. The van der Waals surface area contributed by atoms with Gasteiger partial charge in [-0.25, -0.2) is 12.7 Å². The third kappa shape index (κ3) is 2.91. The second-order valence-electron chi connectivity index (χ2n) is 4.74. The van der Waals surface area contributed by atoms with Crippen molar-refractivity contribution in [1.29, 1.82) is 0 Å². The van der Waals surface area contributed by atoms with Crippen molar-refractivity contribution < 1.29 is 22.7 Å². The van der Waals surface area contributed by atoms with Crippen molar-refractivity contribution in [2.24, 2.45) is 0 Å². The van der Waals surface area contributed by atoms with Crippen LogP contribution in [0.4, 0.5) is 0 Å². The van der Waals surface area contributed by atoms with E-state index >= 15 is 0 Å². The van der Waals surface area contributed by atoms with Crippen molar-refractivity contribution in [2.45, 2.75) is 17.9 Å². The standard InChI is InChI=1S/C13H16N2O5S/c1-9(8-20-2)14-12(16)7-15-13(17)10-5-3-4-6-11(10)21(15,18)19/h3-6,9H,7-8H2,1-2H3,(H,14,16)/t9-/m0/s1.